The molecule has 0 spiro atoms. The maximum atomic E-state index is 12.3. The highest BCUT2D eigenvalue weighted by atomic mass is 35.5. The highest BCUT2D eigenvalue weighted by Gasteiger charge is 2.76. The first-order valence-electron chi connectivity index (χ1n) is 15.1. The van der Waals surface area contributed by atoms with Crippen LogP contribution < -0.4 is 0 Å². The second kappa shape index (κ2) is 11.7. The smallest absolute Gasteiger partial charge is 0.149 e. The lowest BCUT2D eigenvalue weighted by Gasteiger charge is -2.62. The minimum Gasteiger partial charge on any atom is -0.298 e. The molecule has 0 unspecified atom stereocenters. The summed E-state index contributed by atoms with van der Waals surface area (Å²) < 4.78 is -2.76. The fourth-order valence-corrected chi connectivity index (χ4v) is 24.9. The molecule has 0 bridgehead atoms. The van der Waals surface area contributed by atoms with Crippen LogP contribution in [-0.4, -0.2) is 40.0 Å². The van der Waals surface area contributed by atoms with Gasteiger partial charge in [-0.05, 0) is 19.7 Å². The van der Waals surface area contributed by atoms with E-state index in [2.05, 4.69) is 0 Å². The quantitative estimate of drug-likeness (QED) is 0.174. The standard InChI is InChI=1S/2C16H24Cl2O2S3/c2*1-11(2)9(19)12(3,4)15(11,17)21-23-22-16(18)13(5,6)10(20)14(16,7)8/h2*1-8H3. The fraction of sp³-hybridized carbons (Fsp3) is 0.875. The van der Waals surface area contributed by atoms with Gasteiger partial charge in [-0.1, -0.05) is 154 Å². The first-order chi connectivity index (χ1) is 20.0. The molecule has 0 heterocycles. The van der Waals surface area contributed by atoms with Gasteiger partial charge in [0.15, 0.2) is 0 Å². The average molecular weight is 831 g/mol. The van der Waals surface area contributed by atoms with Crippen LogP contribution in [0.2, 0.25) is 0 Å². The van der Waals surface area contributed by atoms with E-state index in [4.69, 9.17) is 46.4 Å². The normalized spacial score (nSPS) is 31.2. The van der Waals surface area contributed by atoms with E-state index in [1.165, 1.54) is 62.8 Å². The van der Waals surface area contributed by atoms with E-state index in [0.717, 1.165) is 0 Å². The molecule has 4 nitrogen and oxygen atoms in total. The first kappa shape index (κ1) is 42.4. The summed E-state index contributed by atoms with van der Waals surface area (Å²) in [4.78, 5) is 49.2. The lowest BCUT2D eigenvalue weighted by Crippen LogP contribution is -2.69. The molecule has 4 aliphatic carbocycles. The minimum absolute atomic E-state index is 0.179. The first-order valence-corrected chi connectivity index (χ1v) is 23.5. The fourth-order valence-electron chi connectivity index (χ4n) is 8.22. The average Bonchev–Trinajstić information content (AvgIpc) is 2.93. The Morgan fingerprint density at radius 1 is 0.304 bits per heavy atom. The third-order valence-corrected chi connectivity index (χ3v) is 28.9. The summed E-state index contributed by atoms with van der Waals surface area (Å²) in [5.41, 5.74) is -4.70. The summed E-state index contributed by atoms with van der Waals surface area (Å²) in [6, 6.07) is 0. The van der Waals surface area contributed by atoms with Crippen molar-refractivity contribution in [2.24, 2.45) is 43.3 Å². The second-order valence-electron chi connectivity index (χ2n) is 17.2. The van der Waals surface area contributed by atoms with Gasteiger partial charge in [-0.25, -0.2) is 0 Å². The van der Waals surface area contributed by atoms with Crippen molar-refractivity contribution in [1.29, 1.82) is 0 Å². The molecule has 4 aliphatic rings. The van der Waals surface area contributed by atoms with Crippen LogP contribution in [0.25, 0.3) is 0 Å². The Hall–Kier alpha value is 1.94. The van der Waals surface area contributed by atoms with Gasteiger partial charge in [0.25, 0.3) is 0 Å². The number of alkyl halides is 4. The van der Waals surface area contributed by atoms with Crippen LogP contribution in [0, 0.1) is 43.3 Å². The Morgan fingerprint density at radius 2 is 0.413 bits per heavy atom. The Kier molecular flexibility index (Phi) is 10.8. The molecule has 4 fully saturated rings. The molecule has 4 saturated carbocycles. The third-order valence-electron chi connectivity index (χ3n) is 11.6. The third kappa shape index (κ3) is 4.88. The molecular weight excluding hydrogens is 783 g/mol. The largest absolute Gasteiger partial charge is 0.298 e. The molecule has 14 heteroatoms. The van der Waals surface area contributed by atoms with E-state index < -0.39 is 60.1 Å². The van der Waals surface area contributed by atoms with Crippen LogP contribution in [0.15, 0.2) is 0 Å². The van der Waals surface area contributed by atoms with E-state index in [-0.39, 0.29) is 23.1 Å². The zero-order valence-electron chi connectivity index (χ0n) is 29.6. The molecule has 0 radical (unpaired) electrons. The molecule has 46 heavy (non-hydrogen) atoms. The Balaban J connectivity index is 0.000000250. The van der Waals surface area contributed by atoms with E-state index in [1.54, 1.807) is 0 Å². The molecule has 0 N–H and O–H groups in total. The zero-order valence-corrected chi connectivity index (χ0v) is 37.5. The number of carbonyl (C=O) groups excluding carboxylic acids is 4. The van der Waals surface area contributed by atoms with Gasteiger partial charge in [0.05, 0.1) is 43.3 Å². The molecule has 4 rings (SSSR count). The number of hydrogen-bond acceptors (Lipinski definition) is 10. The summed E-state index contributed by atoms with van der Waals surface area (Å²) in [6.07, 6.45) is 0. The summed E-state index contributed by atoms with van der Waals surface area (Å²) in [5.74, 6) is 0.715. The molecule has 0 aromatic heterocycles. The van der Waals surface area contributed by atoms with Crippen LogP contribution in [-0.2, 0) is 19.2 Å². The molecule has 0 amide bonds. The molecule has 264 valence electrons. The van der Waals surface area contributed by atoms with Crippen LogP contribution in [0.4, 0.5) is 0 Å². The van der Waals surface area contributed by atoms with Crippen molar-refractivity contribution < 1.29 is 19.2 Å². The Morgan fingerprint density at radius 3 is 0.522 bits per heavy atom. The molecule has 0 aromatic carbocycles. The number of carbonyl (C=O) groups is 4. The monoisotopic (exact) mass is 828 g/mol. The predicted octanol–water partition coefficient (Wildman–Crippen LogP) is 12.3. The second-order valence-corrected chi connectivity index (χ2v) is 29.0. The summed E-state index contributed by atoms with van der Waals surface area (Å²) >= 11 is 27.4. The number of Topliss-reactive ketones (excluding diaryl/α,β-unsaturated/α-hetero) is 4. The van der Waals surface area contributed by atoms with E-state index in [0.29, 0.717) is 0 Å². The van der Waals surface area contributed by atoms with E-state index in [9.17, 15) is 19.2 Å². The topological polar surface area (TPSA) is 68.3 Å². The van der Waals surface area contributed by atoms with E-state index >= 15 is 0 Å². The molecule has 0 aliphatic heterocycles. The van der Waals surface area contributed by atoms with Gasteiger partial charge in [0.2, 0.25) is 0 Å². The van der Waals surface area contributed by atoms with Crippen molar-refractivity contribution >= 4 is 132 Å². The van der Waals surface area contributed by atoms with Crippen LogP contribution in [0.5, 0.6) is 0 Å². The summed E-state index contributed by atoms with van der Waals surface area (Å²) in [5, 5.41) is 0. The molecule has 0 saturated heterocycles. The van der Waals surface area contributed by atoms with Crippen molar-refractivity contribution in [1.82, 2.24) is 0 Å². The van der Waals surface area contributed by atoms with Gasteiger partial charge >= 0.3 is 0 Å². The van der Waals surface area contributed by atoms with Gasteiger partial charge in [-0.2, -0.15) is 0 Å². The van der Waals surface area contributed by atoms with Gasteiger partial charge < -0.3 is 0 Å². The number of rotatable bonds is 8. The summed E-state index contributed by atoms with van der Waals surface area (Å²) in [6.45, 7) is 30.3. The zero-order chi connectivity index (χ0) is 36.6. The van der Waals surface area contributed by atoms with Crippen LogP contribution >= 0.6 is 109 Å². The van der Waals surface area contributed by atoms with Crippen molar-refractivity contribution in [3.8, 4) is 0 Å². The Bertz CT molecular complexity index is 1090. The molecule has 0 aromatic rings. The highest BCUT2D eigenvalue weighted by Crippen LogP contribution is 2.77. The van der Waals surface area contributed by atoms with Gasteiger partial charge in [0, 0.05) is 0 Å². The minimum atomic E-state index is -0.690. The maximum absolute atomic E-state index is 12.3. The lowest BCUT2D eigenvalue weighted by molar-refractivity contribution is -0.153. The van der Waals surface area contributed by atoms with Crippen molar-refractivity contribution in [2.75, 3.05) is 0 Å². The van der Waals surface area contributed by atoms with Crippen molar-refractivity contribution in [3.05, 3.63) is 0 Å². The van der Waals surface area contributed by atoms with Crippen molar-refractivity contribution in [3.63, 3.8) is 0 Å². The maximum Gasteiger partial charge on any atom is 0.149 e. The number of halogens is 4. The lowest BCUT2D eigenvalue weighted by atomic mass is 9.54. The van der Waals surface area contributed by atoms with Gasteiger partial charge in [0.1, 0.15) is 40.0 Å². The highest BCUT2D eigenvalue weighted by molar-refractivity contribution is 9.10. The summed E-state index contributed by atoms with van der Waals surface area (Å²) in [7, 11) is 8.96. The van der Waals surface area contributed by atoms with Crippen molar-refractivity contribution in [2.45, 2.75) is 128 Å². The van der Waals surface area contributed by atoms with Crippen LogP contribution in [0.1, 0.15) is 111 Å². The predicted molar refractivity (Wildman–Crippen MR) is 210 cm³/mol. The number of ketones is 4. The molecule has 0 atom stereocenters. The molecular formula is C32H48Cl4O4S6. The van der Waals surface area contributed by atoms with Gasteiger partial charge in [-0.15, -0.1) is 46.4 Å². The van der Waals surface area contributed by atoms with E-state index in [1.807, 2.05) is 111 Å². The van der Waals surface area contributed by atoms with Crippen LogP contribution in [0.3, 0.4) is 0 Å². The Labute approximate surface area is 319 Å². The van der Waals surface area contributed by atoms with Gasteiger partial charge in [-0.3, -0.25) is 19.2 Å². The number of hydrogen-bond donors (Lipinski definition) is 0. The SMILES string of the molecule is CC1(C)C(=O)C(C)(C)C1(Cl)SSSC1(Cl)C(C)(C)C(=O)C1(C)C.CC1(C)C(=O)C(C)(C)C1(Cl)SSSC1(Cl)C(C)(C)C(=O)C1(C)C.